The molecule has 1 saturated heterocycles. The second kappa shape index (κ2) is 2.22. The predicted octanol–water partition coefficient (Wildman–Crippen LogP) is -0.592. The molecule has 1 fully saturated rings. The number of aliphatic hydroxyl groups is 2. The summed E-state index contributed by atoms with van der Waals surface area (Å²) in [7, 11) is 0. The molecular weight excluding hydrogens is 124 g/mol. The van der Waals surface area contributed by atoms with Crippen LogP contribution in [0.1, 0.15) is 13.3 Å². The molecule has 54 valence electrons. The van der Waals surface area contributed by atoms with Crippen LogP contribution in [0.5, 0.6) is 0 Å². The van der Waals surface area contributed by atoms with Crippen molar-refractivity contribution < 1.29 is 19.7 Å². The second-order valence-corrected chi connectivity index (χ2v) is 2.11. The van der Waals surface area contributed by atoms with E-state index in [2.05, 4.69) is 4.74 Å². The van der Waals surface area contributed by atoms with E-state index in [1.807, 2.05) is 0 Å². The molecule has 0 spiro atoms. The minimum Gasteiger partial charge on any atom is -0.368 e. The zero-order chi connectivity index (χ0) is 6.91. The predicted molar refractivity (Wildman–Crippen MR) is 28.3 cm³/mol. The molecule has 4 nitrogen and oxygen atoms in total. The highest BCUT2D eigenvalue weighted by molar-refractivity contribution is 4.54. The standard InChI is InChI=1S/C5H10O4/c1-5(7)8-3-2-4(6)9-5/h4,6-7H,2-3H2,1H3. The van der Waals surface area contributed by atoms with Gasteiger partial charge in [0, 0.05) is 13.3 Å². The van der Waals surface area contributed by atoms with Gasteiger partial charge in [-0.25, -0.2) is 0 Å². The molecule has 0 aliphatic carbocycles. The van der Waals surface area contributed by atoms with Crippen LogP contribution in [-0.2, 0) is 9.47 Å². The van der Waals surface area contributed by atoms with Crippen LogP contribution < -0.4 is 0 Å². The summed E-state index contributed by atoms with van der Waals surface area (Å²) in [4.78, 5) is 0. The summed E-state index contributed by atoms with van der Waals surface area (Å²) in [6.07, 6.45) is -0.482. The van der Waals surface area contributed by atoms with Crippen molar-refractivity contribution in [2.75, 3.05) is 6.61 Å². The normalized spacial score (nSPS) is 45.0. The molecule has 4 heteroatoms. The van der Waals surface area contributed by atoms with Gasteiger partial charge in [-0.1, -0.05) is 0 Å². The molecule has 9 heavy (non-hydrogen) atoms. The van der Waals surface area contributed by atoms with Gasteiger partial charge in [-0.2, -0.15) is 0 Å². The summed E-state index contributed by atoms with van der Waals surface area (Å²) in [5.74, 6) is -1.60. The maximum absolute atomic E-state index is 8.94. The van der Waals surface area contributed by atoms with E-state index in [1.54, 1.807) is 0 Å². The second-order valence-electron chi connectivity index (χ2n) is 2.11. The number of hydrogen-bond acceptors (Lipinski definition) is 4. The SMILES string of the molecule is CC1(O)OCCC(O)O1. The molecular formula is C5H10O4. The molecule has 2 unspecified atom stereocenters. The Morgan fingerprint density at radius 2 is 2.33 bits per heavy atom. The molecule has 0 bridgehead atoms. The van der Waals surface area contributed by atoms with Crippen LogP contribution in [0.15, 0.2) is 0 Å². The van der Waals surface area contributed by atoms with Gasteiger partial charge < -0.3 is 14.9 Å². The maximum Gasteiger partial charge on any atom is 0.279 e. The Morgan fingerprint density at radius 1 is 1.67 bits per heavy atom. The molecule has 0 amide bonds. The highest BCUT2D eigenvalue weighted by Crippen LogP contribution is 2.17. The van der Waals surface area contributed by atoms with E-state index >= 15 is 0 Å². The van der Waals surface area contributed by atoms with E-state index in [0.29, 0.717) is 13.0 Å². The maximum atomic E-state index is 8.94. The van der Waals surface area contributed by atoms with E-state index in [4.69, 9.17) is 14.9 Å². The number of ether oxygens (including phenoxy) is 2. The van der Waals surface area contributed by atoms with Crippen molar-refractivity contribution in [1.82, 2.24) is 0 Å². The van der Waals surface area contributed by atoms with Gasteiger partial charge in [0.25, 0.3) is 5.97 Å². The van der Waals surface area contributed by atoms with Crippen LogP contribution in [0.4, 0.5) is 0 Å². The fourth-order valence-corrected chi connectivity index (χ4v) is 0.694. The molecule has 2 N–H and O–H groups in total. The molecule has 0 aromatic rings. The van der Waals surface area contributed by atoms with Crippen LogP contribution in [0.3, 0.4) is 0 Å². The highest BCUT2D eigenvalue weighted by atomic mass is 16.9. The monoisotopic (exact) mass is 134 g/mol. The topological polar surface area (TPSA) is 58.9 Å². The molecule has 0 radical (unpaired) electrons. The minimum absolute atomic E-state index is 0.328. The minimum atomic E-state index is -1.60. The molecule has 1 heterocycles. The van der Waals surface area contributed by atoms with Crippen molar-refractivity contribution in [3.8, 4) is 0 Å². The molecule has 2 atom stereocenters. The average Bonchev–Trinajstić information content (AvgIpc) is 1.60. The zero-order valence-corrected chi connectivity index (χ0v) is 5.20. The van der Waals surface area contributed by atoms with Gasteiger partial charge in [0.15, 0.2) is 6.29 Å². The van der Waals surface area contributed by atoms with E-state index < -0.39 is 12.3 Å². The van der Waals surface area contributed by atoms with Gasteiger partial charge in [-0.15, -0.1) is 0 Å². The summed E-state index contributed by atoms with van der Waals surface area (Å²) < 4.78 is 9.27. The Bertz CT molecular complexity index is 101. The molecule has 0 aromatic heterocycles. The first kappa shape index (κ1) is 6.95. The third-order valence-electron chi connectivity index (χ3n) is 1.09. The fraction of sp³-hybridized carbons (Fsp3) is 1.00. The summed E-state index contributed by atoms with van der Waals surface area (Å²) in [5.41, 5.74) is 0. The van der Waals surface area contributed by atoms with Crippen LogP contribution in [-0.4, -0.2) is 29.1 Å². The van der Waals surface area contributed by atoms with Crippen LogP contribution in [0.25, 0.3) is 0 Å². The van der Waals surface area contributed by atoms with Gasteiger partial charge in [0.05, 0.1) is 6.61 Å². The van der Waals surface area contributed by atoms with E-state index in [9.17, 15) is 0 Å². The van der Waals surface area contributed by atoms with Gasteiger partial charge in [0.1, 0.15) is 0 Å². The van der Waals surface area contributed by atoms with E-state index in [0.717, 1.165) is 0 Å². The van der Waals surface area contributed by atoms with Crippen molar-refractivity contribution in [3.63, 3.8) is 0 Å². The van der Waals surface area contributed by atoms with Gasteiger partial charge in [0.2, 0.25) is 0 Å². The van der Waals surface area contributed by atoms with Crippen LogP contribution in [0, 0.1) is 0 Å². The number of hydrogen-bond donors (Lipinski definition) is 2. The number of rotatable bonds is 0. The first-order valence-electron chi connectivity index (χ1n) is 2.82. The fourth-order valence-electron chi connectivity index (χ4n) is 0.694. The molecule has 0 saturated carbocycles. The van der Waals surface area contributed by atoms with E-state index in [-0.39, 0.29) is 0 Å². The van der Waals surface area contributed by atoms with Crippen molar-refractivity contribution >= 4 is 0 Å². The molecule has 1 aliphatic rings. The third kappa shape index (κ3) is 1.91. The lowest BCUT2D eigenvalue weighted by molar-refractivity contribution is -0.416. The Kier molecular flexibility index (Phi) is 1.72. The lowest BCUT2D eigenvalue weighted by atomic mass is 10.4. The molecule has 0 aromatic carbocycles. The summed E-state index contributed by atoms with van der Waals surface area (Å²) >= 11 is 0. The first-order valence-corrected chi connectivity index (χ1v) is 2.82. The number of aliphatic hydroxyl groups excluding tert-OH is 1. The highest BCUT2D eigenvalue weighted by Gasteiger charge is 2.30. The smallest absolute Gasteiger partial charge is 0.279 e. The van der Waals surface area contributed by atoms with Crippen molar-refractivity contribution in [2.24, 2.45) is 0 Å². The van der Waals surface area contributed by atoms with E-state index in [1.165, 1.54) is 6.92 Å². The van der Waals surface area contributed by atoms with Gasteiger partial charge in [-0.05, 0) is 0 Å². The average molecular weight is 134 g/mol. The van der Waals surface area contributed by atoms with Gasteiger partial charge in [-0.3, -0.25) is 4.74 Å². The summed E-state index contributed by atoms with van der Waals surface area (Å²) in [5, 5.41) is 17.7. The summed E-state index contributed by atoms with van der Waals surface area (Å²) in [6.45, 7) is 1.67. The van der Waals surface area contributed by atoms with Crippen LogP contribution >= 0.6 is 0 Å². The molecule has 1 aliphatic heterocycles. The van der Waals surface area contributed by atoms with Gasteiger partial charge >= 0.3 is 0 Å². The molecule has 1 rings (SSSR count). The summed E-state index contributed by atoms with van der Waals surface area (Å²) in [6, 6.07) is 0. The Balaban J connectivity index is 2.41. The Morgan fingerprint density at radius 3 is 2.67 bits per heavy atom. The third-order valence-corrected chi connectivity index (χ3v) is 1.09. The Labute approximate surface area is 53.0 Å². The quantitative estimate of drug-likeness (QED) is 0.465. The first-order chi connectivity index (χ1) is 4.10. The lowest BCUT2D eigenvalue weighted by Crippen LogP contribution is -2.41. The van der Waals surface area contributed by atoms with Crippen molar-refractivity contribution in [3.05, 3.63) is 0 Å². The zero-order valence-electron chi connectivity index (χ0n) is 5.20. The Hall–Kier alpha value is -0.160. The van der Waals surface area contributed by atoms with Crippen molar-refractivity contribution in [1.29, 1.82) is 0 Å². The van der Waals surface area contributed by atoms with Crippen molar-refractivity contribution in [2.45, 2.75) is 25.6 Å². The lowest BCUT2D eigenvalue weighted by Gasteiger charge is -2.31. The largest absolute Gasteiger partial charge is 0.368 e. The van der Waals surface area contributed by atoms with Crippen LogP contribution in [0.2, 0.25) is 0 Å².